The van der Waals surface area contributed by atoms with Crippen LogP contribution in [0.25, 0.3) is 0 Å². The third-order valence-electron chi connectivity index (χ3n) is 4.93. The minimum Gasteiger partial charge on any atom is -0.444 e. The Balaban J connectivity index is 1.49. The van der Waals surface area contributed by atoms with Crippen LogP contribution in [0.3, 0.4) is 0 Å². The van der Waals surface area contributed by atoms with E-state index in [-0.39, 0.29) is 6.09 Å². The summed E-state index contributed by atoms with van der Waals surface area (Å²) in [6, 6.07) is 8.75. The first kappa shape index (κ1) is 16.8. The lowest BCUT2D eigenvalue weighted by Crippen LogP contribution is -2.42. The molecule has 1 aliphatic heterocycles. The van der Waals surface area contributed by atoms with E-state index >= 15 is 0 Å². The van der Waals surface area contributed by atoms with Crippen molar-refractivity contribution in [1.29, 1.82) is 0 Å². The van der Waals surface area contributed by atoms with Gasteiger partial charge in [-0.05, 0) is 75.5 Å². The number of hydrogen-bond donors (Lipinski definition) is 0. The summed E-state index contributed by atoms with van der Waals surface area (Å²) in [5.74, 6) is 2.28. The fourth-order valence-corrected chi connectivity index (χ4v) is 3.93. The maximum atomic E-state index is 12.1. The Labute approximate surface area is 147 Å². The van der Waals surface area contributed by atoms with Crippen molar-refractivity contribution in [2.45, 2.75) is 51.6 Å². The first-order valence-electron chi connectivity index (χ1n) is 8.57. The summed E-state index contributed by atoms with van der Waals surface area (Å²) in [6.45, 7) is 7.44. The molecule has 0 spiro atoms. The van der Waals surface area contributed by atoms with Crippen molar-refractivity contribution >= 4 is 22.0 Å². The molecule has 1 saturated heterocycles. The van der Waals surface area contributed by atoms with Crippen LogP contribution in [-0.4, -0.2) is 29.7 Å². The molecule has 0 radical (unpaired) electrons. The van der Waals surface area contributed by atoms with Gasteiger partial charge in [0.05, 0.1) is 0 Å². The van der Waals surface area contributed by atoms with Crippen LogP contribution in [0.2, 0.25) is 0 Å². The summed E-state index contributed by atoms with van der Waals surface area (Å²) in [5, 5.41) is 0. The van der Waals surface area contributed by atoms with Gasteiger partial charge >= 0.3 is 6.09 Å². The van der Waals surface area contributed by atoms with Crippen LogP contribution in [0, 0.1) is 11.8 Å². The molecule has 0 N–H and O–H groups in total. The number of carbonyl (C=O) groups excluding carboxylic acids is 1. The highest BCUT2D eigenvalue weighted by Gasteiger charge is 2.44. The van der Waals surface area contributed by atoms with Gasteiger partial charge in [0.1, 0.15) is 5.60 Å². The van der Waals surface area contributed by atoms with E-state index in [2.05, 4.69) is 40.2 Å². The molecule has 0 bridgehead atoms. The van der Waals surface area contributed by atoms with Gasteiger partial charge in [-0.1, -0.05) is 28.1 Å². The highest BCUT2D eigenvalue weighted by molar-refractivity contribution is 9.10. The molecule has 1 saturated carbocycles. The molecule has 3 nitrogen and oxygen atoms in total. The molecule has 2 aliphatic rings. The van der Waals surface area contributed by atoms with E-state index in [1.165, 1.54) is 12.0 Å². The van der Waals surface area contributed by atoms with Gasteiger partial charge in [0.15, 0.2) is 0 Å². The van der Waals surface area contributed by atoms with Crippen LogP contribution in [0.1, 0.15) is 51.5 Å². The first-order valence-corrected chi connectivity index (χ1v) is 9.36. The molecule has 1 aliphatic carbocycles. The fraction of sp³-hybridized carbons (Fsp3) is 0.632. The van der Waals surface area contributed by atoms with Crippen molar-refractivity contribution in [2.75, 3.05) is 13.1 Å². The molecule has 1 aromatic rings. The number of nitrogens with zero attached hydrogens (tertiary/aromatic N) is 1. The molecule has 126 valence electrons. The van der Waals surface area contributed by atoms with E-state index in [4.69, 9.17) is 4.74 Å². The molecule has 3 rings (SSSR count). The maximum Gasteiger partial charge on any atom is 0.410 e. The Bertz CT molecular complexity index is 556. The van der Waals surface area contributed by atoms with E-state index in [1.807, 2.05) is 25.7 Å². The molecule has 1 aromatic carbocycles. The zero-order valence-corrected chi connectivity index (χ0v) is 15.8. The van der Waals surface area contributed by atoms with Crippen molar-refractivity contribution in [3.05, 3.63) is 34.3 Å². The van der Waals surface area contributed by atoms with Crippen molar-refractivity contribution < 1.29 is 9.53 Å². The Kier molecular flexibility index (Phi) is 4.73. The minimum atomic E-state index is -0.406. The van der Waals surface area contributed by atoms with E-state index in [1.54, 1.807) is 0 Å². The molecule has 0 aromatic heterocycles. The summed E-state index contributed by atoms with van der Waals surface area (Å²) < 4.78 is 6.62. The average molecular weight is 380 g/mol. The van der Waals surface area contributed by atoms with E-state index < -0.39 is 5.60 Å². The van der Waals surface area contributed by atoms with Crippen LogP contribution in [0.15, 0.2) is 28.7 Å². The predicted octanol–water partition coefficient (Wildman–Crippen LogP) is 5.20. The van der Waals surface area contributed by atoms with Crippen LogP contribution in [0.4, 0.5) is 4.79 Å². The molecule has 1 amide bonds. The number of likely N-dealkylation sites (tertiary alicyclic amines) is 1. The lowest BCUT2D eigenvalue weighted by molar-refractivity contribution is 0.0175. The van der Waals surface area contributed by atoms with Crippen molar-refractivity contribution in [2.24, 2.45) is 11.8 Å². The second kappa shape index (κ2) is 6.46. The quantitative estimate of drug-likeness (QED) is 0.706. The zero-order valence-electron chi connectivity index (χ0n) is 14.2. The number of rotatable bonds is 2. The largest absolute Gasteiger partial charge is 0.444 e. The van der Waals surface area contributed by atoms with Gasteiger partial charge < -0.3 is 9.64 Å². The van der Waals surface area contributed by atoms with Gasteiger partial charge in [0.2, 0.25) is 0 Å². The number of ether oxygens (including phenoxy) is 1. The van der Waals surface area contributed by atoms with E-state index in [0.717, 1.165) is 48.2 Å². The third kappa shape index (κ3) is 4.28. The average Bonchev–Trinajstić information content (AvgIpc) is 3.27. The fourth-order valence-electron chi connectivity index (χ4n) is 3.67. The summed E-state index contributed by atoms with van der Waals surface area (Å²) in [7, 11) is 0. The summed E-state index contributed by atoms with van der Waals surface area (Å²) in [4.78, 5) is 14.0. The van der Waals surface area contributed by atoms with Crippen molar-refractivity contribution in [1.82, 2.24) is 4.90 Å². The molecular weight excluding hydrogens is 354 g/mol. The standard InChI is InChI=1S/C19H26BrNO2/c1-19(2,3)23-18(22)21-10-8-14(9-11-21)17-12-16(17)13-4-6-15(20)7-5-13/h4-7,14,16-17H,8-12H2,1-3H3/t16-,17?/m1/s1. The second-order valence-corrected chi connectivity index (χ2v) is 8.78. The molecule has 1 heterocycles. The van der Waals surface area contributed by atoms with Gasteiger partial charge in [0, 0.05) is 17.6 Å². The number of amides is 1. The van der Waals surface area contributed by atoms with Crippen LogP contribution < -0.4 is 0 Å². The normalized spacial score (nSPS) is 25.3. The Morgan fingerprint density at radius 3 is 2.35 bits per heavy atom. The van der Waals surface area contributed by atoms with Crippen LogP contribution >= 0.6 is 15.9 Å². The maximum absolute atomic E-state index is 12.1. The van der Waals surface area contributed by atoms with Gasteiger partial charge in [0.25, 0.3) is 0 Å². The number of piperidine rings is 1. The lowest BCUT2D eigenvalue weighted by atomic mass is 9.90. The van der Waals surface area contributed by atoms with Gasteiger partial charge in [-0.25, -0.2) is 4.79 Å². The summed E-state index contributed by atoms with van der Waals surface area (Å²) in [5.41, 5.74) is 1.06. The minimum absolute atomic E-state index is 0.156. The Morgan fingerprint density at radius 1 is 1.17 bits per heavy atom. The van der Waals surface area contributed by atoms with Gasteiger partial charge in [-0.15, -0.1) is 0 Å². The molecule has 4 heteroatoms. The summed E-state index contributed by atoms with van der Waals surface area (Å²) in [6.07, 6.45) is 3.36. The van der Waals surface area contributed by atoms with Gasteiger partial charge in [-0.2, -0.15) is 0 Å². The molecule has 2 atom stereocenters. The van der Waals surface area contributed by atoms with Gasteiger partial charge in [-0.3, -0.25) is 0 Å². The SMILES string of the molecule is CC(C)(C)OC(=O)N1CCC(C2C[C@@H]2c2ccc(Br)cc2)CC1. The van der Waals surface area contributed by atoms with Crippen molar-refractivity contribution in [3.8, 4) is 0 Å². The zero-order chi connectivity index (χ0) is 16.6. The molecule has 2 fully saturated rings. The van der Waals surface area contributed by atoms with E-state index in [9.17, 15) is 4.79 Å². The summed E-state index contributed by atoms with van der Waals surface area (Å²) >= 11 is 3.50. The van der Waals surface area contributed by atoms with Crippen LogP contribution in [0.5, 0.6) is 0 Å². The highest BCUT2D eigenvalue weighted by Crippen LogP contribution is 2.54. The highest BCUT2D eigenvalue weighted by atomic mass is 79.9. The van der Waals surface area contributed by atoms with Crippen molar-refractivity contribution in [3.63, 3.8) is 0 Å². The molecule has 23 heavy (non-hydrogen) atoms. The Hall–Kier alpha value is -1.03. The third-order valence-corrected chi connectivity index (χ3v) is 5.46. The smallest absolute Gasteiger partial charge is 0.410 e. The monoisotopic (exact) mass is 379 g/mol. The number of halogens is 1. The number of benzene rings is 1. The lowest BCUT2D eigenvalue weighted by Gasteiger charge is -2.33. The molecular formula is C19H26BrNO2. The van der Waals surface area contributed by atoms with Crippen LogP contribution in [-0.2, 0) is 4.74 Å². The topological polar surface area (TPSA) is 29.5 Å². The molecule has 1 unspecified atom stereocenters. The first-order chi connectivity index (χ1) is 10.8. The second-order valence-electron chi connectivity index (χ2n) is 7.86. The Morgan fingerprint density at radius 2 is 1.78 bits per heavy atom. The number of hydrogen-bond acceptors (Lipinski definition) is 2. The predicted molar refractivity (Wildman–Crippen MR) is 95.5 cm³/mol. The number of carbonyl (C=O) groups is 1. The van der Waals surface area contributed by atoms with E-state index in [0.29, 0.717) is 0 Å².